The zero-order valence-corrected chi connectivity index (χ0v) is 28.3. The van der Waals surface area contributed by atoms with Crippen molar-refractivity contribution < 1.29 is 24.3 Å². The van der Waals surface area contributed by atoms with Gasteiger partial charge in [-0.2, -0.15) is 0 Å². The number of carbonyl (C=O) groups excluding carboxylic acids is 3. The third-order valence-corrected chi connectivity index (χ3v) is 14.2. The molecule has 1 N–H and O–H groups in total. The van der Waals surface area contributed by atoms with E-state index < -0.39 is 11.0 Å². The van der Waals surface area contributed by atoms with Gasteiger partial charge in [-0.25, -0.2) is 5.06 Å². The topological polar surface area (TPSA) is 83.9 Å². The molecule has 5 aliphatic rings. The Labute approximate surface area is 254 Å². The zero-order valence-electron chi connectivity index (χ0n) is 28.3. The monoisotopic (exact) mass is 583 g/mol. The van der Waals surface area contributed by atoms with Gasteiger partial charge in [-0.15, -0.1) is 0 Å². The minimum atomic E-state index is -0.672. The minimum absolute atomic E-state index is 0.0435. The lowest BCUT2D eigenvalue weighted by atomic mass is 9.33. The number of rotatable bonds is 2. The third kappa shape index (κ3) is 4.23. The number of esters is 1. The number of nitrogens with zero attached hydrogens (tertiary/aromatic N) is 1. The van der Waals surface area contributed by atoms with E-state index in [0.717, 1.165) is 56.4 Å². The number of ketones is 1. The quantitative estimate of drug-likeness (QED) is 0.203. The summed E-state index contributed by atoms with van der Waals surface area (Å²) in [7, 11) is 0. The molecule has 0 aromatic rings. The molecule has 0 heterocycles. The Morgan fingerprint density at radius 2 is 1.55 bits per heavy atom. The first-order valence-electron chi connectivity index (χ1n) is 16.5. The number of ether oxygens (including phenoxy) is 1. The van der Waals surface area contributed by atoms with Crippen LogP contribution in [0.1, 0.15) is 134 Å². The van der Waals surface area contributed by atoms with Crippen LogP contribution >= 0.6 is 0 Å². The van der Waals surface area contributed by atoms with E-state index in [0.29, 0.717) is 12.3 Å². The van der Waals surface area contributed by atoms with Gasteiger partial charge in [0.2, 0.25) is 0 Å². The van der Waals surface area contributed by atoms with Crippen LogP contribution in [0.3, 0.4) is 0 Å². The summed E-state index contributed by atoms with van der Waals surface area (Å²) in [5, 5.41) is 11.8. The highest BCUT2D eigenvalue weighted by atomic mass is 16.5. The predicted molar refractivity (Wildman–Crippen MR) is 163 cm³/mol. The largest absolute Gasteiger partial charge is 0.462 e. The van der Waals surface area contributed by atoms with Crippen molar-refractivity contribution in [3.63, 3.8) is 0 Å². The summed E-state index contributed by atoms with van der Waals surface area (Å²) >= 11 is 0. The van der Waals surface area contributed by atoms with Crippen molar-refractivity contribution in [1.29, 1.82) is 0 Å². The second kappa shape index (κ2) is 9.41. The molecule has 5 rings (SSSR count). The van der Waals surface area contributed by atoms with Gasteiger partial charge in [0.1, 0.15) is 6.10 Å². The van der Waals surface area contributed by atoms with Crippen LogP contribution in [0.5, 0.6) is 0 Å². The highest BCUT2D eigenvalue weighted by Crippen LogP contribution is 2.75. The van der Waals surface area contributed by atoms with Crippen LogP contribution in [0.25, 0.3) is 0 Å². The molecule has 5 aliphatic carbocycles. The summed E-state index contributed by atoms with van der Waals surface area (Å²) in [6.07, 6.45) is 10.1. The molecule has 0 aromatic carbocycles. The Bertz CT molecular complexity index is 1210. The molecule has 0 bridgehead atoms. The number of hydroxylamine groups is 2. The first kappa shape index (κ1) is 31.7. The highest BCUT2D eigenvalue weighted by molar-refractivity contribution is 5.95. The number of amides is 1. The van der Waals surface area contributed by atoms with Crippen molar-refractivity contribution in [3.8, 4) is 0 Å². The van der Waals surface area contributed by atoms with Crippen LogP contribution in [-0.2, 0) is 19.1 Å². The first-order chi connectivity index (χ1) is 19.1. The van der Waals surface area contributed by atoms with Crippen LogP contribution in [0.15, 0.2) is 11.6 Å². The van der Waals surface area contributed by atoms with E-state index in [-0.39, 0.29) is 62.7 Å². The average molecular weight is 584 g/mol. The maximum absolute atomic E-state index is 14.6. The van der Waals surface area contributed by atoms with E-state index in [1.165, 1.54) is 12.5 Å². The molecule has 0 radical (unpaired) electrons. The highest BCUT2D eigenvalue weighted by Gasteiger charge is 2.70. The van der Waals surface area contributed by atoms with E-state index in [4.69, 9.17) is 4.74 Å². The second-order valence-corrected chi connectivity index (χ2v) is 18.0. The van der Waals surface area contributed by atoms with Gasteiger partial charge in [0.25, 0.3) is 5.91 Å². The van der Waals surface area contributed by atoms with Gasteiger partial charge in [0.15, 0.2) is 5.78 Å². The molecule has 4 saturated carbocycles. The lowest BCUT2D eigenvalue weighted by molar-refractivity contribution is -0.212. The molecule has 0 spiro atoms. The smallest absolute Gasteiger partial charge is 0.302 e. The van der Waals surface area contributed by atoms with Crippen LogP contribution in [-0.4, -0.2) is 39.6 Å². The first-order valence-corrected chi connectivity index (χ1v) is 16.5. The second-order valence-electron chi connectivity index (χ2n) is 18.0. The van der Waals surface area contributed by atoms with Crippen molar-refractivity contribution in [2.45, 2.75) is 146 Å². The van der Waals surface area contributed by atoms with Crippen LogP contribution in [0.4, 0.5) is 0 Å². The van der Waals surface area contributed by atoms with E-state index in [1.54, 1.807) is 0 Å². The molecule has 1 amide bonds. The van der Waals surface area contributed by atoms with Crippen LogP contribution in [0.2, 0.25) is 0 Å². The summed E-state index contributed by atoms with van der Waals surface area (Å²) < 4.78 is 5.86. The molecular weight excluding hydrogens is 526 g/mol. The van der Waals surface area contributed by atoms with Gasteiger partial charge in [-0.3, -0.25) is 19.6 Å². The average Bonchev–Trinajstić information content (AvgIpc) is 2.86. The van der Waals surface area contributed by atoms with Gasteiger partial charge in [0, 0.05) is 23.7 Å². The fourth-order valence-corrected chi connectivity index (χ4v) is 11.3. The van der Waals surface area contributed by atoms with Gasteiger partial charge >= 0.3 is 5.97 Å². The molecule has 236 valence electrons. The van der Waals surface area contributed by atoms with Crippen molar-refractivity contribution >= 4 is 17.7 Å². The van der Waals surface area contributed by atoms with Crippen molar-refractivity contribution in [2.24, 2.45) is 50.2 Å². The SMILES string of the molecule is CC(=O)O[C@H]1CC[C@@]2(C)C(CC[C@]3(C)C2C(=O)C=C2C4C[C@@](C)(C(=O)N(O)C(C)(C)C)CC[C@]4(C)CC[C@]23C)C1(C)C. The van der Waals surface area contributed by atoms with Crippen LogP contribution in [0, 0.1) is 50.2 Å². The zero-order chi connectivity index (χ0) is 31.5. The number of fused-ring (bicyclic) bond motifs is 7. The molecule has 6 nitrogen and oxygen atoms in total. The minimum Gasteiger partial charge on any atom is -0.462 e. The maximum Gasteiger partial charge on any atom is 0.302 e. The van der Waals surface area contributed by atoms with Crippen molar-refractivity contribution in [1.82, 2.24) is 5.06 Å². The van der Waals surface area contributed by atoms with E-state index in [9.17, 15) is 19.6 Å². The number of hydrogen-bond acceptors (Lipinski definition) is 5. The van der Waals surface area contributed by atoms with Gasteiger partial charge in [-0.05, 0) is 118 Å². The van der Waals surface area contributed by atoms with E-state index >= 15 is 0 Å². The molecule has 0 saturated heterocycles. The summed E-state index contributed by atoms with van der Waals surface area (Å²) in [5.74, 6) is 0.194. The Morgan fingerprint density at radius 3 is 2.14 bits per heavy atom. The molecule has 0 aliphatic heterocycles. The lowest BCUT2D eigenvalue weighted by Gasteiger charge is -2.70. The maximum atomic E-state index is 14.6. The van der Waals surface area contributed by atoms with Gasteiger partial charge in [0.05, 0.1) is 5.54 Å². The predicted octanol–water partition coefficient (Wildman–Crippen LogP) is 7.92. The summed E-state index contributed by atoms with van der Waals surface area (Å²) in [5.41, 5.74) is -0.714. The summed E-state index contributed by atoms with van der Waals surface area (Å²) in [6.45, 7) is 23.2. The molecule has 4 fully saturated rings. The van der Waals surface area contributed by atoms with E-state index in [2.05, 4.69) is 41.5 Å². The Hall–Kier alpha value is -1.69. The number of hydrogen-bond donors (Lipinski definition) is 1. The van der Waals surface area contributed by atoms with E-state index in [1.807, 2.05) is 33.8 Å². The lowest BCUT2D eigenvalue weighted by Crippen LogP contribution is -2.67. The third-order valence-electron chi connectivity index (χ3n) is 14.2. The normalized spacial score (nSPS) is 46.3. The fraction of sp³-hybridized carbons (Fsp3) is 0.861. The standard InChI is InChI=1S/C36H57NO5/c1-22(38)42-27-13-14-34(9)26(31(27,5)6)12-15-36(11)28(34)25(39)20-23-24-21-33(8,29(40)37(41)30(2,3)4)17-16-32(24,7)18-19-35(23,36)10/h20,24,26-28,41H,12-19,21H2,1-11H3/t24?,26?,27-,28?,32+,33-,34-,35+,36+/m0/s1. The molecule has 42 heavy (non-hydrogen) atoms. The van der Waals surface area contributed by atoms with Crippen molar-refractivity contribution in [2.75, 3.05) is 0 Å². The molecule has 0 aromatic heterocycles. The molecule has 3 unspecified atom stereocenters. The van der Waals surface area contributed by atoms with Gasteiger partial charge < -0.3 is 4.74 Å². The Balaban J connectivity index is 1.55. The fourth-order valence-electron chi connectivity index (χ4n) is 11.3. The molecule has 9 atom stereocenters. The molecule has 6 heteroatoms. The number of allylic oxidation sites excluding steroid dienone is 2. The Morgan fingerprint density at radius 1 is 0.929 bits per heavy atom. The summed E-state index contributed by atoms with van der Waals surface area (Å²) in [6, 6.07) is 0. The number of carbonyl (C=O) groups is 3. The Kier molecular flexibility index (Phi) is 7.11. The van der Waals surface area contributed by atoms with Gasteiger partial charge in [-0.1, -0.05) is 54.0 Å². The molecular formula is C36H57NO5. The summed E-state index contributed by atoms with van der Waals surface area (Å²) in [4.78, 5) is 40.3. The van der Waals surface area contributed by atoms with Crippen molar-refractivity contribution in [3.05, 3.63) is 11.6 Å². The van der Waals surface area contributed by atoms with Crippen LogP contribution < -0.4 is 0 Å².